The van der Waals surface area contributed by atoms with Gasteiger partial charge in [0.05, 0.1) is 32.6 Å². The van der Waals surface area contributed by atoms with Crippen LogP contribution in [0, 0.1) is 6.42 Å². The smallest absolute Gasteiger partial charge is 0.186 e. The van der Waals surface area contributed by atoms with E-state index in [0.29, 0.717) is 13.1 Å². The summed E-state index contributed by atoms with van der Waals surface area (Å²) in [6.07, 6.45) is -9.90. The molecule has 0 aromatic heterocycles. The lowest BCUT2D eigenvalue weighted by molar-refractivity contribution is -0.300. The number of hydrogen-bond acceptors (Lipinski definition) is 14. The molecule has 0 amide bonds. The zero-order chi connectivity index (χ0) is 26.0. The molecule has 10 N–H and O–H groups in total. The number of hydrogen-bond donors (Lipinski definition) is 10. The Morgan fingerprint density at radius 1 is 0.714 bits per heavy atom. The molecule has 0 aliphatic carbocycles. The molecule has 0 unspecified atom stereocenters. The summed E-state index contributed by atoms with van der Waals surface area (Å²) in [6, 6.07) is 0. The largest absolute Gasteiger partial charge is 0.394 e. The SMILES string of the molecule is C[CH]CCC(NCCO[C@H]1O[C@H](CO)[C@@H](O)[C@H](O)[C@@H]1O)NCCO[C@H]1O[C@H](CO)[C@@H](O)[C@H](O)[C@@H]1O. The fourth-order valence-corrected chi connectivity index (χ4v) is 3.84. The lowest BCUT2D eigenvalue weighted by atomic mass is 9.99. The predicted molar refractivity (Wildman–Crippen MR) is 118 cm³/mol. The number of ether oxygens (including phenoxy) is 4. The number of aliphatic hydroxyl groups is 8. The van der Waals surface area contributed by atoms with Gasteiger partial charge >= 0.3 is 0 Å². The minimum atomic E-state index is -1.50. The maximum Gasteiger partial charge on any atom is 0.186 e. The van der Waals surface area contributed by atoms with E-state index in [1.165, 1.54) is 0 Å². The monoisotopic (exact) mass is 513 g/mol. The molecule has 0 aromatic carbocycles. The first-order chi connectivity index (χ1) is 16.7. The van der Waals surface area contributed by atoms with Crippen LogP contribution in [0.5, 0.6) is 0 Å². The van der Waals surface area contributed by atoms with E-state index < -0.39 is 74.6 Å². The molecule has 14 heteroatoms. The molecule has 2 rings (SSSR count). The van der Waals surface area contributed by atoms with Crippen molar-refractivity contribution in [2.45, 2.75) is 87.3 Å². The Hall–Kier alpha value is -0.560. The van der Waals surface area contributed by atoms with Crippen LogP contribution in [-0.4, -0.2) is 148 Å². The van der Waals surface area contributed by atoms with Crippen molar-refractivity contribution in [1.29, 1.82) is 0 Å². The Balaban J connectivity index is 1.71. The van der Waals surface area contributed by atoms with Crippen LogP contribution >= 0.6 is 0 Å². The average molecular weight is 514 g/mol. The Kier molecular flexibility index (Phi) is 13.7. The molecule has 35 heavy (non-hydrogen) atoms. The molecule has 2 saturated heterocycles. The van der Waals surface area contributed by atoms with Crippen LogP contribution in [0.25, 0.3) is 0 Å². The lowest BCUT2D eigenvalue weighted by Crippen LogP contribution is -2.59. The molecule has 2 aliphatic heterocycles. The van der Waals surface area contributed by atoms with E-state index in [4.69, 9.17) is 18.9 Å². The van der Waals surface area contributed by atoms with Gasteiger partial charge in [-0.1, -0.05) is 6.92 Å². The van der Waals surface area contributed by atoms with Gasteiger partial charge in [0.2, 0.25) is 0 Å². The third kappa shape index (κ3) is 8.76. The summed E-state index contributed by atoms with van der Waals surface area (Å²) < 4.78 is 21.5. The van der Waals surface area contributed by atoms with Crippen molar-refractivity contribution < 1.29 is 59.8 Å². The first-order valence-electron chi connectivity index (χ1n) is 11.8. The second kappa shape index (κ2) is 15.6. The van der Waals surface area contributed by atoms with Gasteiger partial charge in [-0.2, -0.15) is 0 Å². The van der Waals surface area contributed by atoms with Crippen molar-refractivity contribution in [3.8, 4) is 0 Å². The van der Waals surface area contributed by atoms with E-state index in [-0.39, 0.29) is 19.4 Å². The van der Waals surface area contributed by atoms with Gasteiger partial charge in [0, 0.05) is 13.1 Å². The van der Waals surface area contributed by atoms with E-state index in [0.717, 1.165) is 12.8 Å². The molecule has 14 nitrogen and oxygen atoms in total. The van der Waals surface area contributed by atoms with Gasteiger partial charge in [0.1, 0.15) is 48.8 Å². The molecule has 2 heterocycles. The fraction of sp³-hybridized carbons (Fsp3) is 0.952. The highest BCUT2D eigenvalue weighted by Crippen LogP contribution is 2.22. The summed E-state index contributed by atoms with van der Waals surface area (Å²) in [6.45, 7) is 1.78. The van der Waals surface area contributed by atoms with E-state index in [2.05, 4.69) is 10.6 Å². The highest BCUT2D eigenvalue weighted by atomic mass is 16.7. The second-order valence-electron chi connectivity index (χ2n) is 8.58. The van der Waals surface area contributed by atoms with E-state index in [9.17, 15) is 40.9 Å². The normalized spacial score (nSPS) is 38.2. The standard InChI is InChI=1S/C21H41N2O12/c1-2-3-4-13(22-5-7-32-20-18(30)16(28)14(26)11(9-24)34-20)23-6-8-33-21-19(31)17(29)15(27)12(10-25)35-21/h2,11-31H,3-10H2,1H3/t11-,12-,14-,15-,16+,17+,18+,19+,20+,21+/m1/s1. The van der Waals surface area contributed by atoms with Crippen LogP contribution in [0.4, 0.5) is 0 Å². The molecule has 10 atom stereocenters. The molecular weight excluding hydrogens is 472 g/mol. The van der Waals surface area contributed by atoms with Gasteiger partial charge in [-0.25, -0.2) is 0 Å². The van der Waals surface area contributed by atoms with E-state index in [1.807, 2.05) is 13.3 Å². The first kappa shape index (κ1) is 30.7. The zero-order valence-corrected chi connectivity index (χ0v) is 19.8. The van der Waals surface area contributed by atoms with Crippen molar-refractivity contribution in [1.82, 2.24) is 10.6 Å². The number of unbranched alkanes of at least 4 members (excludes halogenated alkanes) is 1. The summed E-state index contributed by atoms with van der Waals surface area (Å²) in [5.41, 5.74) is 0. The average Bonchev–Trinajstić information content (AvgIpc) is 2.86. The Labute approximate surface area is 204 Å². The molecule has 0 saturated carbocycles. The van der Waals surface area contributed by atoms with Crippen LogP contribution in [0.2, 0.25) is 0 Å². The Morgan fingerprint density at radius 2 is 1.14 bits per heavy atom. The number of rotatable bonds is 15. The maximum atomic E-state index is 10.0. The van der Waals surface area contributed by atoms with Crippen molar-refractivity contribution in [3.05, 3.63) is 6.42 Å². The number of nitrogens with one attached hydrogen (secondary N) is 2. The van der Waals surface area contributed by atoms with Crippen LogP contribution in [0.3, 0.4) is 0 Å². The molecule has 0 bridgehead atoms. The van der Waals surface area contributed by atoms with Crippen molar-refractivity contribution >= 4 is 0 Å². The maximum absolute atomic E-state index is 10.0. The summed E-state index contributed by atoms with van der Waals surface area (Å²) in [5, 5.41) is 84.2. The molecule has 0 spiro atoms. The fourth-order valence-electron chi connectivity index (χ4n) is 3.84. The summed E-state index contributed by atoms with van der Waals surface area (Å²) >= 11 is 0. The van der Waals surface area contributed by atoms with Crippen molar-refractivity contribution in [2.75, 3.05) is 39.5 Å². The molecule has 2 fully saturated rings. The Morgan fingerprint density at radius 3 is 1.51 bits per heavy atom. The topological polar surface area (TPSA) is 223 Å². The zero-order valence-electron chi connectivity index (χ0n) is 19.8. The summed E-state index contributed by atoms with van der Waals surface area (Å²) in [7, 11) is 0. The van der Waals surface area contributed by atoms with Gasteiger partial charge < -0.3 is 59.8 Å². The second-order valence-corrected chi connectivity index (χ2v) is 8.58. The van der Waals surface area contributed by atoms with Crippen molar-refractivity contribution in [2.24, 2.45) is 0 Å². The lowest BCUT2D eigenvalue weighted by Gasteiger charge is -2.39. The quantitative estimate of drug-likeness (QED) is 0.0732. The van der Waals surface area contributed by atoms with Gasteiger partial charge in [-0.3, -0.25) is 10.6 Å². The third-order valence-corrected chi connectivity index (χ3v) is 5.99. The highest BCUT2D eigenvalue weighted by molar-refractivity contribution is 4.89. The highest BCUT2D eigenvalue weighted by Gasteiger charge is 2.45. The molecular formula is C21H41N2O12. The molecule has 207 valence electrons. The predicted octanol–water partition coefficient (Wildman–Crippen LogP) is -4.87. The van der Waals surface area contributed by atoms with Gasteiger partial charge in [0.25, 0.3) is 0 Å². The van der Waals surface area contributed by atoms with Crippen molar-refractivity contribution in [3.63, 3.8) is 0 Å². The van der Waals surface area contributed by atoms with Gasteiger partial charge in [0.15, 0.2) is 12.6 Å². The van der Waals surface area contributed by atoms with Gasteiger partial charge in [-0.15, -0.1) is 0 Å². The van der Waals surface area contributed by atoms with E-state index in [1.54, 1.807) is 0 Å². The summed E-state index contributed by atoms with van der Waals surface area (Å²) in [5.74, 6) is 0. The minimum Gasteiger partial charge on any atom is -0.394 e. The number of aliphatic hydroxyl groups excluding tert-OH is 8. The molecule has 2 aliphatic rings. The third-order valence-electron chi connectivity index (χ3n) is 5.99. The van der Waals surface area contributed by atoms with E-state index >= 15 is 0 Å². The van der Waals surface area contributed by atoms with Crippen LogP contribution in [0.1, 0.15) is 19.8 Å². The van der Waals surface area contributed by atoms with Gasteiger partial charge in [-0.05, 0) is 19.3 Å². The Bertz CT molecular complexity index is 530. The van der Waals surface area contributed by atoms with Crippen LogP contribution in [0.15, 0.2) is 0 Å². The molecule has 1 radical (unpaired) electrons. The summed E-state index contributed by atoms with van der Waals surface area (Å²) in [4.78, 5) is 0. The minimum absolute atomic E-state index is 0.109. The molecule has 0 aromatic rings. The van der Waals surface area contributed by atoms with Crippen LogP contribution < -0.4 is 10.6 Å². The first-order valence-corrected chi connectivity index (χ1v) is 11.8. The van der Waals surface area contributed by atoms with Crippen LogP contribution in [-0.2, 0) is 18.9 Å².